The van der Waals surface area contributed by atoms with Crippen LogP contribution in [0, 0.1) is 11.3 Å². The van der Waals surface area contributed by atoms with Gasteiger partial charge in [0.15, 0.2) is 5.82 Å². The van der Waals surface area contributed by atoms with Gasteiger partial charge in [-0.05, 0) is 30.7 Å². The molecule has 1 aromatic carbocycles. The number of aryl methyl sites for hydroxylation is 1. The lowest BCUT2D eigenvalue weighted by Crippen LogP contribution is -2.47. The summed E-state index contributed by atoms with van der Waals surface area (Å²) in [5, 5.41) is 9.75. The van der Waals surface area contributed by atoms with Crippen molar-refractivity contribution in [2.24, 2.45) is 0 Å². The van der Waals surface area contributed by atoms with Gasteiger partial charge in [0.1, 0.15) is 23.4 Å². The summed E-state index contributed by atoms with van der Waals surface area (Å²) in [5.41, 5.74) is 5.20. The second-order valence-electron chi connectivity index (χ2n) is 8.54. The van der Waals surface area contributed by atoms with E-state index in [0.717, 1.165) is 86.6 Å². The van der Waals surface area contributed by atoms with E-state index in [1.807, 2.05) is 0 Å². The molecule has 1 atom stereocenters. The van der Waals surface area contributed by atoms with Crippen molar-refractivity contribution in [1.29, 1.82) is 5.26 Å². The molecular weight excluding hydrogens is 372 g/mol. The van der Waals surface area contributed by atoms with Crippen LogP contribution in [-0.4, -0.2) is 52.2 Å². The number of anilines is 1. The lowest BCUT2D eigenvalue weighted by atomic mass is 10.0. The summed E-state index contributed by atoms with van der Waals surface area (Å²) in [4.78, 5) is 14.1. The molecule has 6 heteroatoms. The summed E-state index contributed by atoms with van der Waals surface area (Å²) in [7, 11) is 0. The van der Waals surface area contributed by atoms with Gasteiger partial charge >= 0.3 is 0 Å². The van der Waals surface area contributed by atoms with Crippen molar-refractivity contribution in [3.8, 4) is 6.07 Å². The van der Waals surface area contributed by atoms with Crippen molar-refractivity contribution < 1.29 is 0 Å². The summed E-state index contributed by atoms with van der Waals surface area (Å²) in [6, 6.07) is 13.2. The first-order valence-electron chi connectivity index (χ1n) is 11.0. The number of nitriles is 1. The van der Waals surface area contributed by atoms with Crippen molar-refractivity contribution in [2.45, 2.75) is 38.6 Å². The second kappa shape index (κ2) is 8.08. The Labute approximate surface area is 177 Å². The van der Waals surface area contributed by atoms with Crippen LogP contribution < -0.4 is 4.90 Å². The Bertz CT molecular complexity index is 1070. The Morgan fingerprint density at radius 1 is 1.03 bits per heavy atom. The minimum absolute atomic E-state index is 0.527. The molecule has 30 heavy (non-hydrogen) atoms. The van der Waals surface area contributed by atoms with E-state index in [0.29, 0.717) is 5.92 Å². The van der Waals surface area contributed by atoms with Gasteiger partial charge in [-0.3, -0.25) is 4.90 Å². The predicted molar refractivity (Wildman–Crippen MR) is 119 cm³/mol. The molecule has 154 valence electrons. The fourth-order valence-corrected chi connectivity index (χ4v) is 5.04. The molecule has 6 nitrogen and oxygen atoms in total. The molecule has 0 bridgehead atoms. The number of nitrogens with zero attached hydrogens (tertiary/aromatic N) is 6. The van der Waals surface area contributed by atoms with Gasteiger partial charge in [0, 0.05) is 45.0 Å². The molecule has 2 aromatic heterocycles. The van der Waals surface area contributed by atoms with Crippen molar-refractivity contribution in [3.05, 3.63) is 53.5 Å². The average Bonchev–Trinajstić information content (AvgIpc) is 3.14. The highest BCUT2D eigenvalue weighted by Crippen LogP contribution is 2.34. The van der Waals surface area contributed by atoms with Gasteiger partial charge in [-0.25, -0.2) is 9.97 Å². The van der Waals surface area contributed by atoms with Crippen LogP contribution in [0.4, 0.5) is 5.82 Å². The first-order chi connectivity index (χ1) is 14.8. The highest BCUT2D eigenvalue weighted by atomic mass is 15.3. The average molecular weight is 401 g/mol. The fraction of sp³-hybridized carbons (Fsp3) is 0.458. The molecule has 1 fully saturated rings. The number of hydrogen-bond acceptors (Lipinski definition) is 5. The Hall–Kier alpha value is -2.91. The Balaban J connectivity index is 1.35. The third kappa shape index (κ3) is 3.33. The summed E-state index contributed by atoms with van der Waals surface area (Å²) in [6.45, 7) is 8.32. The minimum atomic E-state index is 0.527. The largest absolute Gasteiger partial charge is 0.352 e. The van der Waals surface area contributed by atoms with E-state index in [1.54, 1.807) is 6.33 Å². The second-order valence-corrected chi connectivity index (χ2v) is 8.54. The van der Waals surface area contributed by atoms with Gasteiger partial charge in [-0.2, -0.15) is 5.26 Å². The van der Waals surface area contributed by atoms with Gasteiger partial charge in [-0.1, -0.05) is 37.3 Å². The van der Waals surface area contributed by atoms with Crippen LogP contribution in [0.5, 0.6) is 0 Å². The fourth-order valence-electron chi connectivity index (χ4n) is 5.04. The smallest absolute Gasteiger partial charge is 0.156 e. The number of piperazine rings is 1. The molecule has 1 saturated heterocycles. The maximum Gasteiger partial charge on any atom is 0.156 e. The van der Waals surface area contributed by atoms with Crippen LogP contribution in [0.15, 0.2) is 36.7 Å². The lowest BCUT2D eigenvalue weighted by molar-refractivity contribution is 0.246. The van der Waals surface area contributed by atoms with Crippen molar-refractivity contribution in [1.82, 2.24) is 19.4 Å². The van der Waals surface area contributed by atoms with Crippen molar-refractivity contribution in [2.75, 3.05) is 37.6 Å². The summed E-state index contributed by atoms with van der Waals surface area (Å²) < 4.78 is 2.32. The number of hydrogen-bond donors (Lipinski definition) is 0. The van der Waals surface area contributed by atoms with Crippen LogP contribution in [-0.2, 0) is 13.0 Å². The van der Waals surface area contributed by atoms with E-state index >= 15 is 0 Å². The molecule has 2 aliphatic rings. The maximum atomic E-state index is 9.75. The van der Waals surface area contributed by atoms with E-state index in [1.165, 1.54) is 5.56 Å². The molecule has 0 saturated carbocycles. The third-order valence-corrected chi connectivity index (χ3v) is 6.65. The van der Waals surface area contributed by atoms with Gasteiger partial charge in [0.25, 0.3) is 0 Å². The van der Waals surface area contributed by atoms with Crippen molar-refractivity contribution >= 4 is 16.9 Å². The van der Waals surface area contributed by atoms with Crippen LogP contribution in [0.25, 0.3) is 11.0 Å². The molecule has 3 aromatic rings. The van der Waals surface area contributed by atoms with Crippen molar-refractivity contribution in [3.63, 3.8) is 0 Å². The molecule has 0 spiro atoms. The third-order valence-electron chi connectivity index (χ3n) is 6.65. The SMILES string of the molecule is CC(CN1CCN(c2ncnc3c(C#N)c4n(c23)CCCC4)CC1)c1ccccc1. The standard InChI is InChI=1S/C24H28N6/c1-18(19-7-3-2-4-8-19)16-28-11-13-29(14-12-28)24-23-22(26-17-27-24)20(15-25)21-9-5-6-10-30(21)23/h2-4,7-8,17-18H,5-6,9-14,16H2,1H3. The Morgan fingerprint density at radius 3 is 2.60 bits per heavy atom. The monoisotopic (exact) mass is 400 g/mol. The zero-order chi connectivity index (χ0) is 20.5. The number of fused-ring (bicyclic) bond motifs is 3. The highest BCUT2D eigenvalue weighted by molar-refractivity contribution is 5.92. The van der Waals surface area contributed by atoms with E-state index in [-0.39, 0.29) is 0 Å². The van der Waals surface area contributed by atoms with E-state index in [2.05, 4.69) is 67.7 Å². The number of aromatic nitrogens is 3. The summed E-state index contributed by atoms with van der Waals surface area (Å²) in [5.74, 6) is 1.53. The molecule has 0 aliphatic carbocycles. The maximum absolute atomic E-state index is 9.75. The summed E-state index contributed by atoms with van der Waals surface area (Å²) >= 11 is 0. The quantitative estimate of drug-likeness (QED) is 0.670. The summed E-state index contributed by atoms with van der Waals surface area (Å²) in [6.07, 6.45) is 4.89. The Morgan fingerprint density at radius 2 is 1.83 bits per heavy atom. The van der Waals surface area contributed by atoms with Crippen LogP contribution in [0.1, 0.15) is 42.5 Å². The molecule has 0 N–H and O–H groups in total. The molecule has 0 amide bonds. The molecule has 0 radical (unpaired) electrons. The van der Waals surface area contributed by atoms with Crippen LogP contribution in [0.3, 0.4) is 0 Å². The number of rotatable bonds is 4. The van der Waals surface area contributed by atoms with Gasteiger partial charge in [0.05, 0.1) is 5.56 Å². The number of benzene rings is 1. The lowest BCUT2D eigenvalue weighted by Gasteiger charge is -2.37. The Kier molecular flexibility index (Phi) is 5.14. The molecule has 2 aliphatic heterocycles. The van der Waals surface area contributed by atoms with Crippen LogP contribution in [0.2, 0.25) is 0 Å². The van der Waals surface area contributed by atoms with Gasteiger partial charge in [-0.15, -0.1) is 0 Å². The van der Waals surface area contributed by atoms with Crippen LogP contribution >= 0.6 is 0 Å². The zero-order valence-electron chi connectivity index (χ0n) is 17.6. The molecule has 1 unspecified atom stereocenters. The predicted octanol–water partition coefficient (Wildman–Crippen LogP) is 3.56. The first-order valence-corrected chi connectivity index (χ1v) is 11.0. The van der Waals surface area contributed by atoms with E-state index < -0.39 is 0 Å². The van der Waals surface area contributed by atoms with E-state index in [9.17, 15) is 5.26 Å². The highest BCUT2D eigenvalue weighted by Gasteiger charge is 2.27. The van der Waals surface area contributed by atoms with Gasteiger partial charge < -0.3 is 9.47 Å². The molecule has 4 heterocycles. The van der Waals surface area contributed by atoms with E-state index in [4.69, 9.17) is 0 Å². The minimum Gasteiger partial charge on any atom is -0.352 e. The first kappa shape index (κ1) is 19.1. The molecule has 5 rings (SSSR count). The topological polar surface area (TPSA) is 61.0 Å². The molecular formula is C24H28N6. The van der Waals surface area contributed by atoms with Gasteiger partial charge in [0.2, 0.25) is 0 Å². The zero-order valence-corrected chi connectivity index (χ0v) is 17.6. The normalized spacial score (nSPS) is 18.2.